The van der Waals surface area contributed by atoms with Crippen molar-refractivity contribution in [3.63, 3.8) is 0 Å². The van der Waals surface area contributed by atoms with Crippen LogP contribution in [0.25, 0.3) is 0 Å². The molecule has 0 aromatic heterocycles. The number of anilines is 6. The zero-order valence-corrected chi connectivity index (χ0v) is 17.2. The monoisotopic (exact) mass is 408 g/mol. The lowest BCUT2D eigenvalue weighted by atomic mass is 10.2. The molecule has 5 heteroatoms. The Morgan fingerprint density at radius 3 is 1.77 bits per heavy atom. The summed E-state index contributed by atoms with van der Waals surface area (Å²) >= 11 is 0. The van der Waals surface area contributed by atoms with E-state index in [-0.39, 0.29) is 6.03 Å². The molecule has 154 valence electrons. The summed E-state index contributed by atoms with van der Waals surface area (Å²) in [4.78, 5) is 14.3. The molecule has 0 radical (unpaired) electrons. The van der Waals surface area contributed by atoms with E-state index in [1.807, 2.05) is 104 Å². The highest BCUT2D eigenvalue weighted by atomic mass is 16.2. The van der Waals surface area contributed by atoms with E-state index in [0.29, 0.717) is 0 Å². The van der Waals surface area contributed by atoms with Gasteiger partial charge in [-0.15, -0.1) is 0 Å². The molecular formula is C26H24N4O. The molecule has 0 saturated carbocycles. The Hall–Kier alpha value is -4.25. The number of amides is 2. The van der Waals surface area contributed by atoms with E-state index in [9.17, 15) is 4.79 Å². The zero-order valence-electron chi connectivity index (χ0n) is 17.2. The largest absolute Gasteiger partial charge is 0.355 e. The third-order valence-electron chi connectivity index (χ3n) is 4.84. The standard InChI is InChI=1S/C26H24N4O/c1-30(25-14-8-13-23(19-25)27-20-9-4-2-5-10-20)24-17-15-22(16-18-24)29-26(31)28-21-11-6-3-7-12-21/h2-19,27H,1H3,(H2,28,29,31). The molecule has 0 aliphatic heterocycles. The highest BCUT2D eigenvalue weighted by Gasteiger charge is 2.07. The first kappa shape index (κ1) is 20.0. The number of hydrogen-bond donors (Lipinski definition) is 3. The van der Waals surface area contributed by atoms with Gasteiger partial charge in [0.15, 0.2) is 0 Å². The Morgan fingerprint density at radius 1 is 0.581 bits per heavy atom. The molecule has 3 N–H and O–H groups in total. The van der Waals surface area contributed by atoms with Gasteiger partial charge in [0.05, 0.1) is 0 Å². The number of carbonyl (C=O) groups excluding carboxylic acids is 1. The summed E-state index contributed by atoms with van der Waals surface area (Å²) in [6, 6.07) is 35.2. The second-order valence-corrected chi connectivity index (χ2v) is 7.09. The van der Waals surface area contributed by atoms with Crippen LogP contribution < -0.4 is 20.9 Å². The molecule has 0 spiro atoms. The molecule has 0 heterocycles. The molecular weight excluding hydrogens is 384 g/mol. The molecule has 5 nitrogen and oxygen atoms in total. The van der Waals surface area contributed by atoms with Gasteiger partial charge in [0.25, 0.3) is 0 Å². The zero-order chi connectivity index (χ0) is 21.5. The van der Waals surface area contributed by atoms with Crippen molar-refractivity contribution < 1.29 is 4.79 Å². The average Bonchev–Trinajstić information content (AvgIpc) is 2.80. The van der Waals surface area contributed by atoms with Crippen LogP contribution in [0.2, 0.25) is 0 Å². The Labute approximate surface area is 182 Å². The van der Waals surface area contributed by atoms with E-state index in [1.54, 1.807) is 0 Å². The molecule has 0 saturated heterocycles. The lowest BCUT2D eigenvalue weighted by Gasteiger charge is -2.21. The predicted octanol–water partition coefficient (Wildman–Crippen LogP) is 6.84. The number of nitrogens with zero attached hydrogens (tertiary/aromatic N) is 1. The summed E-state index contributed by atoms with van der Waals surface area (Å²) in [5.41, 5.74) is 5.62. The molecule has 0 unspecified atom stereocenters. The van der Waals surface area contributed by atoms with E-state index in [4.69, 9.17) is 0 Å². The summed E-state index contributed by atoms with van der Waals surface area (Å²) in [5, 5.41) is 9.09. The average molecular weight is 409 g/mol. The summed E-state index contributed by atoms with van der Waals surface area (Å²) in [5.74, 6) is 0. The minimum atomic E-state index is -0.271. The van der Waals surface area contributed by atoms with Crippen molar-refractivity contribution >= 4 is 40.2 Å². The van der Waals surface area contributed by atoms with Gasteiger partial charge in [0.1, 0.15) is 0 Å². The van der Waals surface area contributed by atoms with Crippen LogP contribution >= 0.6 is 0 Å². The van der Waals surface area contributed by atoms with Crippen molar-refractivity contribution in [2.24, 2.45) is 0 Å². The van der Waals surface area contributed by atoms with Gasteiger partial charge in [-0.25, -0.2) is 4.79 Å². The van der Waals surface area contributed by atoms with Crippen molar-refractivity contribution in [2.75, 3.05) is 27.9 Å². The molecule has 0 aliphatic rings. The van der Waals surface area contributed by atoms with E-state index in [2.05, 4.69) is 33.0 Å². The van der Waals surface area contributed by atoms with Crippen molar-refractivity contribution in [2.45, 2.75) is 0 Å². The third kappa shape index (κ3) is 5.42. The number of carbonyl (C=O) groups is 1. The Morgan fingerprint density at radius 2 is 1.13 bits per heavy atom. The van der Waals surface area contributed by atoms with Crippen molar-refractivity contribution in [3.8, 4) is 0 Å². The third-order valence-corrected chi connectivity index (χ3v) is 4.84. The van der Waals surface area contributed by atoms with Crippen LogP contribution in [0.3, 0.4) is 0 Å². The molecule has 31 heavy (non-hydrogen) atoms. The Balaban J connectivity index is 1.40. The van der Waals surface area contributed by atoms with Crippen molar-refractivity contribution in [3.05, 3.63) is 109 Å². The minimum Gasteiger partial charge on any atom is -0.355 e. The van der Waals surface area contributed by atoms with Gasteiger partial charge in [-0.3, -0.25) is 0 Å². The lowest BCUT2D eigenvalue weighted by molar-refractivity contribution is 0.262. The number of benzene rings is 4. The van der Waals surface area contributed by atoms with Gasteiger partial charge in [-0.1, -0.05) is 42.5 Å². The smallest absolute Gasteiger partial charge is 0.323 e. The highest BCUT2D eigenvalue weighted by molar-refractivity contribution is 5.99. The molecule has 4 aromatic carbocycles. The number of urea groups is 1. The molecule has 2 amide bonds. The molecule has 0 atom stereocenters. The van der Waals surface area contributed by atoms with E-state index in [0.717, 1.165) is 34.1 Å². The van der Waals surface area contributed by atoms with Gasteiger partial charge in [-0.2, -0.15) is 0 Å². The quantitative estimate of drug-likeness (QED) is 0.327. The fourth-order valence-corrected chi connectivity index (χ4v) is 3.21. The second-order valence-electron chi connectivity index (χ2n) is 7.09. The van der Waals surface area contributed by atoms with Gasteiger partial charge in [0, 0.05) is 41.2 Å². The maximum atomic E-state index is 12.2. The SMILES string of the molecule is CN(c1ccc(NC(=O)Nc2ccccc2)cc1)c1cccc(Nc2ccccc2)c1. The minimum absolute atomic E-state index is 0.271. The maximum Gasteiger partial charge on any atom is 0.323 e. The summed E-state index contributed by atoms with van der Waals surface area (Å²) in [7, 11) is 2.02. The molecule has 0 bridgehead atoms. The Bertz CT molecular complexity index is 1130. The van der Waals surface area contributed by atoms with E-state index in [1.165, 1.54) is 0 Å². The van der Waals surface area contributed by atoms with Crippen molar-refractivity contribution in [1.29, 1.82) is 0 Å². The number of para-hydroxylation sites is 2. The topological polar surface area (TPSA) is 56.4 Å². The number of rotatable bonds is 6. The lowest BCUT2D eigenvalue weighted by Crippen LogP contribution is -2.19. The molecule has 4 rings (SSSR count). The van der Waals surface area contributed by atoms with E-state index < -0.39 is 0 Å². The van der Waals surface area contributed by atoms with Crippen LogP contribution in [0, 0.1) is 0 Å². The first-order valence-electron chi connectivity index (χ1n) is 10.1. The maximum absolute atomic E-state index is 12.2. The van der Waals surface area contributed by atoms with Crippen LogP contribution in [0.5, 0.6) is 0 Å². The first-order chi connectivity index (χ1) is 15.2. The predicted molar refractivity (Wildman–Crippen MR) is 130 cm³/mol. The van der Waals surface area contributed by atoms with Crippen LogP contribution in [0.4, 0.5) is 38.9 Å². The summed E-state index contributed by atoms with van der Waals surface area (Å²) < 4.78 is 0. The van der Waals surface area contributed by atoms with Gasteiger partial charge < -0.3 is 20.9 Å². The molecule has 0 aliphatic carbocycles. The Kier molecular flexibility index (Phi) is 6.14. The van der Waals surface area contributed by atoms with Gasteiger partial charge >= 0.3 is 6.03 Å². The normalized spacial score (nSPS) is 10.2. The molecule has 4 aromatic rings. The number of nitrogens with one attached hydrogen (secondary N) is 3. The highest BCUT2D eigenvalue weighted by Crippen LogP contribution is 2.28. The summed E-state index contributed by atoms with van der Waals surface area (Å²) in [6.07, 6.45) is 0. The fourth-order valence-electron chi connectivity index (χ4n) is 3.21. The number of hydrogen-bond acceptors (Lipinski definition) is 3. The van der Waals surface area contributed by atoms with Gasteiger partial charge in [-0.05, 0) is 66.7 Å². The van der Waals surface area contributed by atoms with Crippen LogP contribution in [-0.4, -0.2) is 13.1 Å². The van der Waals surface area contributed by atoms with Crippen molar-refractivity contribution in [1.82, 2.24) is 0 Å². The van der Waals surface area contributed by atoms with Crippen LogP contribution in [-0.2, 0) is 0 Å². The summed E-state index contributed by atoms with van der Waals surface area (Å²) in [6.45, 7) is 0. The molecule has 0 fully saturated rings. The van der Waals surface area contributed by atoms with Gasteiger partial charge in [0.2, 0.25) is 0 Å². The second kappa shape index (κ2) is 9.50. The van der Waals surface area contributed by atoms with Crippen LogP contribution in [0.15, 0.2) is 109 Å². The first-order valence-corrected chi connectivity index (χ1v) is 10.1. The fraction of sp³-hybridized carbons (Fsp3) is 0.0385. The van der Waals surface area contributed by atoms with E-state index >= 15 is 0 Å². The van der Waals surface area contributed by atoms with Crippen LogP contribution in [0.1, 0.15) is 0 Å².